The van der Waals surface area contributed by atoms with Crippen molar-refractivity contribution in [3.8, 4) is 5.75 Å². The number of alkyl halides is 3. The molecule has 1 heterocycles. The number of amides is 2. The Bertz CT molecular complexity index is 571. The van der Waals surface area contributed by atoms with E-state index in [-0.39, 0.29) is 19.4 Å². The first-order valence-electron chi connectivity index (χ1n) is 6.95. The SMILES string of the molecule is COc1ccc(CN2C(=O)CCC(OCC(F)(F)F)C2=O)cc1. The normalized spacial score (nSPS) is 19.1. The number of likely N-dealkylation sites (tertiary alicyclic amines) is 1. The Morgan fingerprint density at radius 1 is 1.22 bits per heavy atom. The maximum atomic E-state index is 12.2. The summed E-state index contributed by atoms with van der Waals surface area (Å²) in [5.41, 5.74) is 0.670. The predicted molar refractivity (Wildman–Crippen MR) is 73.6 cm³/mol. The summed E-state index contributed by atoms with van der Waals surface area (Å²) in [5.74, 6) is -0.532. The molecule has 1 aromatic carbocycles. The van der Waals surface area contributed by atoms with Gasteiger partial charge in [0.2, 0.25) is 5.91 Å². The van der Waals surface area contributed by atoms with Crippen molar-refractivity contribution < 1.29 is 32.2 Å². The summed E-state index contributed by atoms with van der Waals surface area (Å²) in [5, 5.41) is 0. The van der Waals surface area contributed by atoms with Crippen molar-refractivity contribution in [2.45, 2.75) is 31.7 Å². The van der Waals surface area contributed by atoms with Gasteiger partial charge in [0.1, 0.15) is 18.5 Å². The summed E-state index contributed by atoms with van der Waals surface area (Å²) >= 11 is 0. The molecule has 0 saturated carbocycles. The van der Waals surface area contributed by atoms with Gasteiger partial charge in [-0.25, -0.2) is 0 Å². The standard InChI is InChI=1S/C15H16F3NO4/c1-22-11-4-2-10(3-5-11)8-19-13(20)7-6-12(14(19)21)23-9-15(16,17)18/h2-5,12H,6-9H2,1H3. The third kappa shape index (κ3) is 4.69. The van der Waals surface area contributed by atoms with Crippen LogP contribution in [0.25, 0.3) is 0 Å². The molecule has 1 aliphatic rings. The van der Waals surface area contributed by atoms with Crippen molar-refractivity contribution in [1.82, 2.24) is 4.90 Å². The number of hydrogen-bond acceptors (Lipinski definition) is 4. The van der Waals surface area contributed by atoms with Crippen LogP contribution >= 0.6 is 0 Å². The Labute approximate surface area is 131 Å². The highest BCUT2D eigenvalue weighted by Gasteiger charge is 2.38. The summed E-state index contributed by atoms with van der Waals surface area (Å²) in [6, 6.07) is 6.71. The molecule has 1 aromatic rings. The lowest BCUT2D eigenvalue weighted by Gasteiger charge is -2.30. The number of ether oxygens (including phenoxy) is 2. The van der Waals surface area contributed by atoms with Crippen LogP contribution in [0.2, 0.25) is 0 Å². The highest BCUT2D eigenvalue weighted by atomic mass is 19.4. The van der Waals surface area contributed by atoms with E-state index in [1.165, 1.54) is 7.11 Å². The zero-order chi connectivity index (χ0) is 17.0. The van der Waals surface area contributed by atoms with E-state index in [0.29, 0.717) is 11.3 Å². The minimum atomic E-state index is -4.51. The highest BCUT2D eigenvalue weighted by molar-refractivity contribution is 5.99. The lowest BCUT2D eigenvalue weighted by atomic mass is 10.1. The van der Waals surface area contributed by atoms with Gasteiger partial charge in [0.25, 0.3) is 5.91 Å². The lowest BCUT2D eigenvalue weighted by molar-refractivity contribution is -0.194. The number of piperidine rings is 1. The number of halogens is 3. The van der Waals surface area contributed by atoms with Crippen molar-refractivity contribution >= 4 is 11.8 Å². The van der Waals surface area contributed by atoms with Gasteiger partial charge < -0.3 is 9.47 Å². The molecule has 23 heavy (non-hydrogen) atoms. The Balaban J connectivity index is 2.03. The number of hydrogen-bond donors (Lipinski definition) is 0. The Hall–Kier alpha value is -2.09. The number of carbonyl (C=O) groups excluding carboxylic acids is 2. The second kappa shape index (κ2) is 6.99. The van der Waals surface area contributed by atoms with Crippen molar-refractivity contribution in [2.24, 2.45) is 0 Å². The molecule has 0 N–H and O–H groups in total. The number of nitrogens with zero attached hydrogens (tertiary/aromatic N) is 1. The van der Waals surface area contributed by atoms with Gasteiger partial charge in [0, 0.05) is 6.42 Å². The van der Waals surface area contributed by atoms with E-state index < -0.39 is 30.7 Å². The van der Waals surface area contributed by atoms with Gasteiger partial charge in [-0.3, -0.25) is 14.5 Å². The van der Waals surface area contributed by atoms with Crippen molar-refractivity contribution in [3.05, 3.63) is 29.8 Å². The third-order valence-electron chi connectivity index (χ3n) is 3.41. The molecule has 2 rings (SSSR count). The molecule has 126 valence electrons. The largest absolute Gasteiger partial charge is 0.497 e. The molecule has 1 fully saturated rings. The van der Waals surface area contributed by atoms with E-state index in [1.54, 1.807) is 24.3 Å². The van der Waals surface area contributed by atoms with Crippen LogP contribution in [0, 0.1) is 0 Å². The molecule has 5 nitrogen and oxygen atoms in total. The predicted octanol–water partition coefficient (Wildman–Crippen LogP) is 2.29. The summed E-state index contributed by atoms with van der Waals surface area (Å²) in [6.07, 6.45) is -5.81. The van der Waals surface area contributed by atoms with Gasteiger partial charge in [-0.2, -0.15) is 13.2 Å². The van der Waals surface area contributed by atoms with Crippen LogP contribution in [-0.2, 0) is 20.9 Å². The van der Waals surface area contributed by atoms with E-state index in [4.69, 9.17) is 4.74 Å². The molecule has 1 saturated heterocycles. The maximum Gasteiger partial charge on any atom is 0.411 e. The van der Waals surface area contributed by atoms with Gasteiger partial charge >= 0.3 is 6.18 Å². The van der Waals surface area contributed by atoms with Crippen LogP contribution in [0.1, 0.15) is 18.4 Å². The second-order valence-electron chi connectivity index (χ2n) is 5.12. The van der Waals surface area contributed by atoms with Crippen LogP contribution in [0.3, 0.4) is 0 Å². The van der Waals surface area contributed by atoms with Gasteiger partial charge in [-0.15, -0.1) is 0 Å². The van der Waals surface area contributed by atoms with Gasteiger partial charge in [0.05, 0.1) is 13.7 Å². The number of benzene rings is 1. The molecule has 0 bridgehead atoms. The average Bonchev–Trinajstić information content (AvgIpc) is 2.50. The molecule has 0 aliphatic carbocycles. The zero-order valence-electron chi connectivity index (χ0n) is 12.4. The minimum Gasteiger partial charge on any atom is -0.497 e. The minimum absolute atomic E-state index is 0.00641. The first kappa shape index (κ1) is 17.3. The average molecular weight is 331 g/mol. The van der Waals surface area contributed by atoms with E-state index >= 15 is 0 Å². The topological polar surface area (TPSA) is 55.8 Å². The quantitative estimate of drug-likeness (QED) is 0.777. The Morgan fingerprint density at radius 3 is 2.43 bits per heavy atom. The second-order valence-corrected chi connectivity index (χ2v) is 5.12. The van der Waals surface area contributed by atoms with Gasteiger partial charge in [-0.1, -0.05) is 12.1 Å². The molecule has 1 atom stereocenters. The van der Waals surface area contributed by atoms with Crippen LogP contribution in [0.15, 0.2) is 24.3 Å². The lowest BCUT2D eigenvalue weighted by Crippen LogP contribution is -2.48. The van der Waals surface area contributed by atoms with Crippen LogP contribution < -0.4 is 4.74 Å². The summed E-state index contributed by atoms with van der Waals surface area (Å²) < 4.78 is 46.2. The number of rotatable bonds is 5. The summed E-state index contributed by atoms with van der Waals surface area (Å²) in [7, 11) is 1.51. The molecule has 0 radical (unpaired) electrons. The Kier molecular flexibility index (Phi) is 5.25. The molecular weight excluding hydrogens is 315 g/mol. The molecule has 8 heteroatoms. The monoisotopic (exact) mass is 331 g/mol. The first-order chi connectivity index (χ1) is 10.8. The molecule has 2 amide bonds. The summed E-state index contributed by atoms with van der Waals surface area (Å²) in [4.78, 5) is 25.0. The van der Waals surface area contributed by atoms with E-state index in [9.17, 15) is 22.8 Å². The first-order valence-corrected chi connectivity index (χ1v) is 6.95. The van der Waals surface area contributed by atoms with Crippen molar-refractivity contribution in [3.63, 3.8) is 0 Å². The fraction of sp³-hybridized carbons (Fsp3) is 0.467. The maximum absolute atomic E-state index is 12.2. The molecule has 0 spiro atoms. The smallest absolute Gasteiger partial charge is 0.411 e. The van der Waals surface area contributed by atoms with E-state index in [0.717, 1.165) is 4.90 Å². The van der Waals surface area contributed by atoms with Crippen molar-refractivity contribution in [2.75, 3.05) is 13.7 Å². The zero-order valence-corrected chi connectivity index (χ0v) is 12.4. The fourth-order valence-corrected chi connectivity index (χ4v) is 2.24. The fourth-order valence-electron chi connectivity index (χ4n) is 2.24. The molecule has 1 aliphatic heterocycles. The third-order valence-corrected chi connectivity index (χ3v) is 3.41. The van der Waals surface area contributed by atoms with Crippen LogP contribution in [-0.4, -0.2) is 42.7 Å². The van der Waals surface area contributed by atoms with Crippen molar-refractivity contribution in [1.29, 1.82) is 0 Å². The van der Waals surface area contributed by atoms with E-state index in [1.807, 2.05) is 0 Å². The number of carbonyl (C=O) groups is 2. The van der Waals surface area contributed by atoms with Crippen LogP contribution in [0.4, 0.5) is 13.2 Å². The molecule has 0 aromatic heterocycles. The van der Waals surface area contributed by atoms with Crippen LogP contribution in [0.5, 0.6) is 5.75 Å². The van der Waals surface area contributed by atoms with E-state index in [2.05, 4.69) is 4.74 Å². The molecule has 1 unspecified atom stereocenters. The van der Waals surface area contributed by atoms with Gasteiger partial charge in [0.15, 0.2) is 0 Å². The van der Waals surface area contributed by atoms with Gasteiger partial charge in [-0.05, 0) is 24.1 Å². The number of imide groups is 1. The summed E-state index contributed by atoms with van der Waals surface area (Å²) in [6.45, 7) is -1.51. The Morgan fingerprint density at radius 2 is 1.87 bits per heavy atom. The highest BCUT2D eigenvalue weighted by Crippen LogP contribution is 2.22. The number of methoxy groups -OCH3 is 1. The molecular formula is C15H16F3NO4.